The lowest BCUT2D eigenvalue weighted by molar-refractivity contribution is -0.156. The third-order valence-corrected chi connectivity index (χ3v) is 3.05. The first-order valence-corrected chi connectivity index (χ1v) is 7.08. The summed E-state index contributed by atoms with van der Waals surface area (Å²) in [6, 6.07) is -0.687. The monoisotopic (exact) mass is 270 g/mol. The molecule has 110 valence electrons. The van der Waals surface area contributed by atoms with Crippen molar-refractivity contribution in [2.45, 2.75) is 77.5 Å². The SMILES string of the molecule is C[C@H](NC(=O)NC1CCCCC1)C(=O)OC(C)(C)C. The molecule has 5 nitrogen and oxygen atoms in total. The van der Waals surface area contributed by atoms with Gasteiger partial charge in [0.25, 0.3) is 0 Å². The first kappa shape index (κ1) is 15.8. The lowest BCUT2D eigenvalue weighted by Gasteiger charge is -2.25. The Hall–Kier alpha value is -1.26. The van der Waals surface area contributed by atoms with E-state index in [1.165, 1.54) is 6.42 Å². The topological polar surface area (TPSA) is 67.4 Å². The molecule has 0 bridgehead atoms. The van der Waals surface area contributed by atoms with Gasteiger partial charge >= 0.3 is 12.0 Å². The fourth-order valence-corrected chi connectivity index (χ4v) is 2.12. The first-order chi connectivity index (χ1) is 8.78. The minimum absolute atomic E-state index is 0.236. The van der Waals surface area contributed by atoms with Crippen molar-refractivity contribution >= 4 is 12.0 Å². The number of amides is 2. The van der Waals surface area contributed by atoms with Crippen LogP contribution in [0.2, 0.25) is 0 Å². The van der Waals surface area contributed by atoms with Crippen LogP contribution in [0.5, 0.6) is 0 Å². The van der Waals surface area contributed by atoms with Gasteiger partial charge in [0.1, 0.15) is 11.6 Å². The molecule has 19 heavy (non-hydrogen) atoms. The highest BCUT2D eigenvalue weighted by Crippen LogP contribution is 2.17. The maximum Gasteiger partial charge on any atom is 0.328 e. The zero-order chi connectivity index (χ0) is 14.5. The molecule has 1 atom stereocenters. The number of esters is 1. The number of hydrogen-bond acceptors (Lipinski definition) is 3. The Bertz CT molecular complexity index is 317. The summed E-state index contributed by atoms with van der Waals surface area (Å²) in [6.07, 6.45) is 5.61. The van der Waals surface area contributed by atoms with E-state index in [0.717, 1.165) is 25.7 Å². The Morgan fingerprint density at radius 2 is 1.74 bits per heavy atom. The molecule has 1 aliphatic carbocycles. The molecule has 0 saturated heterocycles. The van der Waals surface area contributed by atoms with Crippen LogP contribution in [0.3, 0.4) is 0 Å². The summed E-state index contributed by atoms with van der Waals surface area (Å²) >= 11 is 0. The number of carbonyl (C=O) groups is 2. The van der Waals surface area contributed by atoms with Crippen molar-refractivity contribution in [3.05, 3.63) is 0 Å². The highest BCUT2D eigenvalue weighted by molar-refractivity contribution is 5.83. The molecule has 1 aliphatic rings. The molecule has 1 saturated carbocycles. The van der Waals surface area contributed by atoms with E-state index in [0.29, 0.717) is 0 Å². The number of urea groups is 1. The van der Waals surface area contributed by atoms with Crippen molar-refractivity contribution in [1.82, 2.24) is 10.6 Å². The summed E-state index contributed by atoms with van der Waals surface area (Å²) in [4.78, 5) is 23.5. The fraction of sp³-hybridized carbons (Fsp3) is 0.857. The lowest BCUT2D eigenvalue weighted by atomic mass is 9.96. The Labute approximate surface area is 115 Å². The van der Waals surface area contributed by atoms with E-state index in [1.54, 1.807) is 27.7 Å². The number of nitrogens with one attached hydrogen (secondary N) is 2. The number of ether oxygens (including phenoxy) is 1. The van der Waals surface area contributed by atoms with Crippen molar-refractivity contribution in [3.8, 4) is 0 Å². The number of rotatable bonds is 3. The largest absolute Gasteiger partial charge is 0.458 e. The summed E-state index contributed by atoms with van der Waals surface area (Å²) in [5.74, 6) is -0.411. The Morgan fingerprint density at radius 1 is 1.16 bits per heavy atom. The summed E-state index contributed by atoms with van der Waals surface area (Å²) in [5.41, 5.74) is -0.535. The Kier molecular flexibility index (Phi) is 5.63. The van der Waals surface area contributed by atoms with Crippen molar-refractivity contribution < 1.29 is 14.3 Å². The van der Waals surface area contributed by atoms with Gasteiger partial charge in [0.2, 0.25) is 0 Å². The maximum absolute atomic E-state index is 11.8. The zero-order valence-electron chi connectivity index (χ0n) is 12.4. The van der Waals surface area contributed by atoms with Crippen molar-refractivity contribution in [2.24, 2.45) is 0 Å². The standard InChI is InChI=1S/C14H26N2O3/c1-10(12(17)19-14(2,3)4)15-13(18)16-11-8-6-5-7-9-11/h10-11H,5-9H2,1-4H3,(H2,15,16,18)/t10-/m0/s1. The third-order valence-electron chi connectivity index (χ3n) is 3.05. The van der Waals surface area contributed by atoms with E-state index < -0.39 is 17.6 Å². The van der Waals surface area contributed by atoms with E-state index in [-0.39, 0.29) is 12.1 Å². The van der Waals surface area contributed by atoms with Crippen LogP contribution in [0.25, 0.3) is 0 Å². The van der Waals surface area contributed by atoms with Gasteiger partial charge in [-0.05, 0) is 40.5 Å². The Balaban J connectivity index is 2.32. The van der Waals surface area contributed by atoms with E-state index in [9.17, 15) is 9.59 Å². The highest BCUT2D eigenvalue weighted by atomic mass is 16.6. The highest BCUT2D eigenvalue weighted by Gasteiger charge is 2.24. The predicted octanol–water partition coefficient (Wildman–Crippen LogP) is 2.35. The average Bonchev–Trinajstić information content (AvgIpc) is 2.27. The molecule has 0 spiro atoms. The molecule has 0 radical (unpaired) electrons. The van der Waals surface area contributed by atoms with Crippen molar-refractivity contribution in [3.63, 3.8) is 0 Å². The van der Waals surface area contributed by atoms with Crippen LogP contribution < -0.4 is 10.6 Å². The molecule has 0 aromatic carbocycles. The summed E-state index contributed by atoms with van der Waals surface area (Å²) in [5, 5.41) is 5.53. The van der Waals surface area contributed by atoms with Gasteiger partial charge in [0, 0.05) is 6.04 Å². The van der Waals surface area contributed by atoms with Gasteiger partial charge in [-0.3, -0.25) is 0 Å². The fourth-order valence-electron chi connectivity index (χ4n) is 2.12. The molecule has 0 aliphatic heterocycles. The van der Waals surface area contributed by atoms with Gasteiger partial charge < -0.3 is 15.4 Å². The second-order valence-corrected chi connectivity index (χ2v) is 6.21. The maximum atomic E-state index is 11.8. The number of carbonyl (C=O) groups excluding carboxylic acids is 2. The van der Waals surface area contributed by atoms with Crippen LogP contribution in [0, 0.1) is 0 Å². The number of hydrogen-bond donors (Lipinski definition) is 2. The summed E-state index contributed by atoms with van der Waals surface area (Å²) < 4.78 is 5.21. The summed E-state index contributed by atoms with van der Waals surface area (Å²) in [6.45, 7) is 7.05. The third kappa shape index (κ3) is 6.45. The molecule has 2 amide bonds. The van der Waals surface area contributed by atoms with Crippen LogP contribution in [-0.4, -0.2) is 29.7 Å². The molecular formula is C14H26N2O3. The lowest BCUT2D eigenvalue weighted by Crippen LogP contribution is -2.49. The van der Waals surface area contributed by atoms with Gasteiger partial charge in [-0.15, -0.1) is 0 Å². The minimum atomic E-state index is -0.636. The molecule has 0 unspecified atom stereocenters. The molecule has 0 aromatic rings. The Morgan fingerprint density at radius 3 is 2.26 bits per heavy atom. The average molecular weight is 270 g/mol. The van der Waals surface area contributed by atoms with Gasteiger partial charge in [0.15, 0.2) is 0 Å². The van der Waals surface area contributed by atoms with Crippen molar-refractivity contribution in [2.75, 3.05) is 0 Å². The van der Waals surface area contributed by atoms with E-state index in [1.807, 2.05) is 0 Å². The second kappa shape index (κ2) is 6.78. The molecule has 0 heterocycles. The van der Waals surface area contributed by atoms with E-state index >= 15 is 0 Å². The van der Waals surface area contributed by atoms with Gasteiger partial charge in [-0.1, -0.05) is 19.3 Å². The molecule has 0 aromatic heterocycles. The van der Waals surface area contributed by atoms with Gasteiger partial charge in [-0.25, -0.2) is 9.59 Å². The van der Waals surface area contributed by atoms with E-state index in [4.69, 9.17) is 4.74 Å². The molecular weight excluding hydrogens is 244 g/mol. The molecule has 1 rings (SSSR count). The summed E-state index contributed by atoms with van der Waals surface area (Å²) in [7, 11) is 0. The minimum Gasteiger partial charge on any atom is -0.458 e. The van der Waals surface area contributed by atoms with Crippen molar-refractivity contribution in [1.29, 1.82) is 0 Å². The molecule has 2 N–H and O–H groups in total. The molecule has 5 heteroatoms. The van der Waals surface area contributed by atoms with Crippen LogP contribution in [0.4, 0.5) is 4.79 Å². The van der Waals surface area contributed by atoms with Crippen LogP contribution in [0.15, 0.2) is 0 Å². The first-order valence-electron chi connectivity index (χ1n) is 7.08. The van der Waals surface area contributed by atoms with Crippen LogP contribution >= 0.6 is 0 Å². The smallest absolute Gasteiger partial charge is 0.328 e. The molecule has 1 fully saturated rings. The predicted molar refractivity (Wildman–Crippen MR) is 73.8 cm³/mol. The van der Waals surface area contributed by atoms with Crippen LogP contribution in [-0.2, 0) is 9.53 Å². The van der Waals surface area contributed by atoms with E-state index in [2.05, 4.69) is 10.6 Å². The quantitative estimate of drug-likeness (QED) is 0.774. The van der Waals surface area contributed by atoms with Crippen LogP contribution in [0.1, 0.15) is 59.8 Å². The normalized spacial score (nSPS) is 18.5. The van der Waals surface area contributed by atoms with Gasteiger partial charge in [-0.2, -0.15) is 0 Å². The second-order valence-electron chi connectivity index (χ2n) is 6.21. The van der Waals surface area contributed by atoms with Gasteiger partial charge in [0.05, 0.1) is 0 Å². The zero-order valence-corrected chi connectivity index (χ0v) is 12.4.